The topological polar surface area (TPSA) is 63.5 Å². The van der Waals surface area contributed by atoms with E-state index < -0.39 is 0 Å². The standard InChI is InChI=1S/C22H27N5.HI/c1-17(20-6-5-7-21(14-20)27-12-3-4-13-27)26-22(24-2)25-16-19-10-8-18(15-23)9-11-19;/h5-11,14,17H,3-4,12-13,16H2,1-2H3,(H2,24,25,26);1H. The maximum atomic E-state index is 8.88. The van der Waals surface area contributed by atoms with Crippen LogP contribution < -0.4 is 15.5 Å². The third-order valence-electron chi connectivity index (χ3n) is 4.96. The lowest BCUT2D eigenvalue weighted by Crippen LogP contribution is -2.38. The number of aliphatic imine (C=N–C) groups is 1. The summed E-state index contributed by atoms with van der Waals surface area (Å²) in [6, 6.07) is 18.6. The van der Waals surface area contributed by atoms with E-state index in [2.05, 4.69) is 57.8 Å². The molecule has 0 radical (unpaired) electrons. The van der Waals surface area contributed by atoms with Gasteiger partial charge in [0.25, 0.3) is 0 Å². The van der Waals surface area contributed by atoms with Gasteiger partial charge in [0.1, 0.15) is 0 Å². The summed E-state index contributed by atoms with van der Waals surface area (Å²) in [7, 11) is 1.78. The third-order valence-corrected chi connectivity index (χ3v) is 4.96. The molecule has 0 aromatic heterocycles. The van der Waals surface area contributed by atoms with Crippen molar-refractivity contribution >= 4 is 35.6 Å². The van der Waals surface area contributed by atoms with Gasteiger partial charge in [0.15, 0.2) is 5.96 Å². The van der Waals surface area contributed by atoms with Gasteiger partial charge in [-0.05, 0) is 55.2 Å². The van der Waals surface area contributed by atoms with E-state index in [4.69, 9.17) is 5.26 Å². The molecule has 0 saturated carbocycles. The molecule has 1 saturated heterocycles. The molecule has 2 aromatic carbocycles. The fourth-order valence-electron chi connectivity index (χ4n) is 3.33. The van der Waals surface area contributed by atoms with Gasteiger partial charge in [-0.25, -0.2) is 0 Å². The molecule has 5 nitrogen and oxygen atoms in total. The van der Waals surface area contributed by atoms with Gasteiger partial charge in [0.05, 0.1) is 17.7 Å². The van der Waals surface area contributed by atoms with Crippen LogP contribution in [0.25, 0.3) is 0 Å². The monoisotopic (exact) mass is 489 g/mol. The Morgan fingerprint density at radius 2 is 1.89 bits per heavy atom. The lowest BCUT2D eigenvalue weighted by Gasteiger charge is -2.22. The zero-order chi connectivity index (χ0) is 19.1. The Bertz CT molecular complexity index is 820. The maximum absolute atomic E-state index is 8.88. The van der Waals surface area contributed by atoms with Crippen molar-refractivity contribution in [3.63, 3.8) is 0 Å². The van der Waals surface area contributed by atoms with Gasteiger partial charge in [-0.3, -0.25) is 4.99 Å². The number of hydrogen-bond donors (Lipinski definition) is 2. The summed E-state index contributed by atoms with van der Waals surface area (Å²) in [5.74, 6) is 0.762. The van der Waals surface area contributed by atoms with Crippen molar-refractivity contribution in [2.75, 3.05) is 25.0 Å². The second kappa shape index (κ2) is 10.9. The second-order valence-corrected chi connectivity index (χ2v) is 6.89. The van der Waals surface area contributed by atoms with E-state index >= 15 is 0 Å². The second-order valence-electron chi connectivity index (χ2n) is 6.89. The Kier molecular flexibility index (Phi) is 8.58. The number of anilines is 1. The largest absolute Gasteiger partial charge is 0.372 e. The molecule has 1 fully saturated rings. The summed E-state index contributed by atoms with van der Waals surface area (Å²) < 4.78 is 0. The first-order valence-corrected chi connectivity index (χ1v) is 9.51. The van der Waals surface area contributed by atoms with Gasteiger partial charge in [0, 0.05) is 32.4 Å². The van der Waals surface area contributed by atoms with Gasteiger partial charge in [-0.1, -0.05) is 24.3 Å². The first-order chi connectivity index (χ1) is 13.2. The third kappa shape index (κ3) is 5.86. The number of guanidine groups is 1. The zero-order valence-corrected chi connectivity index (χ0v) is 18.8. The van der Waals surface area contributed by atoms with Crippen LogP contribution in [0.4, 0.5) is 5.69 Å². The number of benzene rings is 2. The molecule has 148 valence electrons. The Balaban J connectivity index is 0.00000280. The highest BCUT2D eigenvalue weighted by atomic mass is 127. The molecule has 1 aliphatic heterocycles. The minimum absolute atomic E-state index is 0. The average molecular weight is 489 g/mol. The van der Waals surface area contributed by atoms with E-state index in [1.54, 1.807) is 7.05 Å². The molecular weight excluding hydrogens is 461 g/mol. The minimum atomic E-state index is 0. The van der Waals surface area contributed by atoms with Crippen LogP contribution in [0.5, 0.6) is 0 Å². The highest BCUT2D eigenvalue weighted by molar-refractivity contribution is 14.0. The van der Waals surface area contributed by atoms with Crippen LogP contribution in [0.15, 0.2) is 53.5 Å². The van der Waals surface area contributed by atoms with E-state index in [1.807, 2.05) is 24.3 Å². The number of halogens is 1. The summed E-state index contributed by atoms with van der Waals surface area (Å²) >= 11 is 0. The number of nitriles is 1. The van der Waals surface area contributed by atoms with Crippen molar-refractivity contribution in [2.24, 2.45) is 4.99 Å². The molecule has 1 heterocycles. The van der Waals surface area contributed by atoms with Crippen LogP contribution in [0.1, 0.15) is 42.5 Å². The molecule has 6 heteroatoms. The highest BCUT2D eigenvalue weighted by Crippen LogP contribution is 2.23. The predicted molar refractivity (Wildman–Crippen MR) is 126 cm³/mol. The van der Waals surface area contributed by atoms with Crippen LogP contribution >= 0.6 is 24.0 Å². The first-order valence-electron chi connectivity index (χ1n) is 9.51. The van der Waals surface area contributed by atoms with Crippen molar-refractivity contribution in [1.29, 1.82) is 5.26 Å². The van der Waals surface area contributed by atoms with Crippen LogP contribution in [-0.4, -0.2) is 26.1 Å². The van der Waals surface area contributed by atoms with Crippen molar-refractivity contribution in [3.05, 3.63) is 65.2 Å². The zero-order valence-electron chi connectivity index (χ0n) is 16.5. The quantitative estimate of drug-likeness (QED) is 0.376. The van der Waals surface area contributed by atoms with Crippen molar-refractivity contribution < 1.29 is 0 Å². The summed E-state index contributed by atoms with van der Waals surface area (Å²) in [6.07, 6.45) is 2.56. The predicted octanol–water partition coefficient (Wildman–Crippen LogP) is 4.20. The Labute approximate surface area is 184 Å². The molecule has 2 N–H and O–H groups in total. The first kappa shape index (κ1) is 22.0. The Morgan fingerprint density at radius 1 is 1.18 bits per heavy atom. The SMILES string of the molecule is CN=C(NCc1ccc(C#N)cc1)NC(C)c1cccc(N2CCCC2)c1.I. The minimum Gasteiger partial charge on any atom is -0.372 e. The molecular formula is C22H28IN5. The van der Waals surface area contributed by atoms with Crippen LogP contribution in [0.3, 0.4) is 0 Å². The summed E-state index contributed by atoms with van der Waals surface area (Å²) in [5, 5.41) is 15.7. The molecule has 0 aliphatic carbocycles. The van der Waals surface area contributed by atoms with E-state index in [1.165, 1.54) is 24.1 Å². The smallest absolute Gasteiger partial charge is 0.191 e. The maximum Gasteiger partial charge on any atom is 0.191 e. The van der Waals surface area contributed by atoms with Gasteiger partial charge >= 0.3 is 0 Å². The van der Waals surface area contributed by atoms with Gasteiger partial charge in [-0.2, -0.15) is 5.26 Å². The molecule has 0 spiro atoms. The van der Waals surface area contributed by atoms with Crippen LogP contribution in [-0.2, 0) is 6.54 Å². The van der Waals surface area contributed by atoms with Crippen LogP contribution in [0, 0.1) is 11.3 Å². The van der Waals surface area contributed by atoms with E-state index in [-0.39, 0.29) is 30.0 Å². The summed E-state index contributed by atoms with van der Waals surface area (Å²) in [6.45, 7) is 5.11. The number of nitrogens with one attached hydrogen (secondary N) is 2. The average Bonchev–Trinajstić information content (AvgIpc) is 3.26. The highest BCUT2D eigenvalue weighted by Gasteiger charge is 2.14. The Morgan fingerprint density at radius 3 is 2.54 bits per heavy atom. The molecule has 1 unspecified atom stereocenters. The molecule has 3 rings (SSSR count). The molecule has 2 aromatic rings. The lowest BCUT2D eigenvalue weighted by molar-refractivity contribution is 0.685. The molecule has 1 atom stereocenters. The molecule has 0 bridgehead atoms. The van der Waals surface area contributed by atoms with Crippen LogP contribution in [0.2, 0.25) is 0 Å². The summed E-state index contributed by atoms with van der Waals surface area (Å²) in [5.41, 5.74) is 4.34. The fourth-order valence-corrected chi connectivity index (χ4v) is 3.33. The van der Waals surface area contributed by atoms with Crippen molar-refractivity contribution in [1.82, 2.24) is 10.6 Å². The van der Waals surface area contributed by atoms with Crippen molar-refractivity contribution in [3.8, 4) is 6.07 Å². The van der Waals surface area contributed by atoms with E-state index in [9.17, 15) is 0 Å². The molecule has 28 heavy (non-hydrogen) atoms. The van der Waals surface area contributed by atoms with E-state index in [0.717, 1.165) is 24.6 Å². The normalized spacial score (nSPS) is 14.8. The lowest BCUT2D eigenvalue weighted by atomic mass is 10.1. The van der Waals surface area contributed by atoms with Crippen molar-refractivity contribution in [2.45, 2.75) is 32.4 Å². The van der Waals surface area contributed by atoms with E-state index in [0.29, 0.717) is 12.1 Å². The van der Waals surface area contributed by atoms with Gasteiger partial charge < -0.3 is 15.5 Å². The summed E-state index contributed by atoms with van der Waals surface area (Å²) in [4.78, 5) is 6.79. The fraction of sp³-hybridized carbons (Fsp3) is 0.364. The number of hydrogen-bond acceptors (Lipinski definition) is 3. The number of rotatable bonds is 5. The molecule has 1 aliphatic rings. The molecule has 0 amide bonds. The van der Waals surface area contributed by atoms with Gasteiger partial charge in [0.2, 0.25) is 0 Å². The van der Waals surface area contributed by atoms with Gasteiger partial charge in [-0.15, -0.1) is 24.0 Å². The Hall–Kier alpha value is -2.27. The number of nitrogens with zero attached hydrogens (tertiary/aromatic N) is 3.